The van der Waals surface area contributed by atoms with Crippen LogP contribution in [0.1, 0.15) is 19.8 Å². The zero-order chi connectivity index (χ0) is 29.2. The van der Waals surface area contributed by atoms with Crippen molar-refractivity contribution in [2.75, 3.05) is 69.0 Å². The molecule has 2 amide bonds. The first-order valence-corrected chi connectivity index (χ1v) is 15.8. The number of amides is 2. The van der Waals surface area contributed by atoms with E-state index in [0.717, 1.165) is 12.2 Å². The zero-order valence-corrected chi connectivity index (χ0v) is 25.7. The van der Waals surface area contributed by atoms with E-state index in [0.29, 0.717) is 38.0 Å². The van der Waals surface area contributed by atoms with Crippen LogP contribution in [0.3, 0.4) is 0 Å². The Labute approximate surface area is 228 Å². The summed E-state index contributed by atoms with van der Waals surface area (Å²) in [6.07, 6.45) is 3.03. The lowest BCUT2D eigenvalue weighted by Gasteiger charge is -2.34. The molecule has 0 aliphatic carbocycles. The van der Waals surface area contributed by atoms with Crippen molar-refractivity contribution >= 4 is 35.6 Å². The second-order valence-electron chi connectivity index (χ2n) is 8.40. The summed E-state index contributed by atoms with van der Waals surface area (Å²) in [6, 6.07) is 0.479. The first-order valence-electron chi connectivity index (χ1n) is 11.9. The summed E-state index contributed by atoms with van der Waals surface area (Å²) in [5.74, 6) is -1.37. The molecule has 1 N–H and O–H groups in total. The van der Waals surface area contributed by atoms with Crippen molar-refractivity contribution in [3.63, 3.8) is 0 Å². The monoisotopic (exact) mass is 580 g/mol. The van der Waals surface area contributed by atoms with Gasteiger partial charge in [0.25, 0.3) is 0 Å². The normalized spacial score (nSPS) is 12.0. The number of urea groups is 1. The smallest absolute Gasteiger partial charge is 0.460 e. The number of hydrogen-bond acceptors (Lipinski definition) is 11. The molecule has 0 rings (SSSR count). The minimum absolute atomic E-state index is 0.262. The molecule has 0 bridgehead atoms. The van der Waals surface area contributed by atoms with Gasteiger partial charge in [0.05, 0.1) is 0 Å². The average molecular weight is 581 g/mol. The van der Waals surface area contributed by atoms with Crippen molar-refractivity contribution in [3.8, 4) is 0 Å². The van der Waals surface area contributed by atoms with Gasteiger partial charge in [-0.15, -0.1) is 0 Å². The Morgan fingerprint density at radius 2 is 1.08 bits per heavy atom. The van der Waals surface area contributed by atoms with E-state index >= 15 is 0 Å². The molecule has 15 heteroatoms. The van der Waals surface area contributed by atoms with E-state index in [1.165, 1.54) is 42.7 Å². The van der Waals surface area contributed by atoms with Crippen LogP contribution >= 0.6 is 0 Å². The fourth-order valence-electron chi connectivity index (χ4n) is 3.43. The van der Waals surface area contributed by atoms with Crippen molar-refractivity contribution in [3.05, 3.63) is 25.3 Å². The molecule has 0 heterocycles. The van der Waals surface area contributed by atoms with Crippen LogP contribution in [0.5, 0.6) is 0 Å². The summed E-state index contributed by atoms with van der Waals surface area (Å²) in [5.41, 5.74) is -1.24. The molecule has 13 nitrogen and oxygen atoms in total. The summed E-state index contributed by atoms with van der Waals surface area (Å²) >= 11 is 0. The Kier molecular flexibility index (Phi) is 17.2. The van der Waals surface area contributed by atoms with Crippen molar-refractivity contribution < 1.29 is 50.4 Å². The van der Waals surface area contributed by atoms with Gasteiger partial charge in [-0.3, -0.25) is 0 Å². The largest absolute Gasteiger partial charge is 0.500 e. The van der Waals surface area contributed by atoms with E-state index in [-0.39, 0.29) is 13.2 Å². The quantitative estimate of drug-likeness (QED) is 0.121. The highest BCUT2D eigenvalue weighted by Crippen LogP contribution is 2.18. The maximum atomic E-state index is 13.4. The SMILES string of the molecule is C=CC(=O)OCC(C)(COC(=O)C=C)NC(=O)N(CCC[Si](OC)(OC)OC)CCC[Si](OC)(OC)OC. The second kappa shape index (κ2) is 18.2. The van der Waals surface area contributed by atoms with Crippen LogP contribution in [0.2, 0.25) is 12.1 Å². The summed E-state index contributed by atoms with van der Waals surface area (Å²) in [5, 5.41) is 2.83. The van der Waals surface area contributed by atoms with Crippen LogP contribution in [-0.2, 0) is 45.6 Å². The first-order chi connectivity index (χ1) is 18.0. The van der Waals surface area contributed by atoms with Crippen LogP contribution < -0.4 is 5.32 Å². The molecule has 0 spiro atoms. The molecule has 0 aromatic heterocycles. The van der Waals surface area contributed by atoms with Gasteiger partial charge in [-0.05, 0) is 19.8 Å². The number of carbonyl (C=O) groups is 3. The Morgan fingerprint density at radius 1 is 0.737 bits per heavy atom. The fraction of sp³-hybridized carbons (Fsp3) is 0.696. The lowest BCUT2D eigenvalue weighted by atomic mass is 10.1. The third-order valence-corrected chi connectivity index (χ3v) is 11.4. The van der Waals surface area contributed by atoms with Crippen molar-refractivity contribution in [1.29, 1.82) is 0 Å². The molecule has 0 aliphatic rings. The second-order valence-corrected chi connectivity index (χ2v) is 14.6. The van der Waals surface area contributed by atoms with Crippen LogP contribution in [0.4, 0.5) is 4.79 Å². The van der Waals surface area contributed by atoms with E-state index in [1.54, 1.807) is 11.8 Å². The minimum atomic E-state index is -2.85. The maximum absolute atomic E-state index is 13.4. The molecule has 0 saturated carbocycles. The van der Waals surface area contributed by atoms with Gasteiger partial charge in [0.1, 0.15) is 18.8 Å². The number of nitrogens with one attached hydrogen (secondary N) is 1. The Morgan fingerprint density at radius 3 is 1.37 bits per heavy atom. The van der Waals surface area contributed by atoms with Crippen molar-refractivity contribution in [2.24, 2.45) is 0 Å². The van der Waals surface area contributed by atoms with Crippen LogP contribution in [0, 0.1) is 0 Å². The van der Waals surface area contributed by atoms with Crippen molar-refractivity contribution in [1.82, 2.24) is 10.2 Å². The minimum Gasteiger partial charge on any atom is -0.460 e. The molecule has 0 aliphatic heterocycles. The standard InChI is InChI=1S/C23H44N2O11Si2/c1-10-20(26)35-18-23(3,19-36-21(27)11-2)24-22(28)25(14-12-16-37(29-4,30-5)31-6)15-13-17-38(32-7,33-8)34-9/h10-11H,1-2,12-19H2,3-9H3,(H,24,28). The molecule has 0 fully saturated rings. The maximum Gasteiger partial charge on any atom is 0.500 e. The van der Waals surface area contributed by atoms with Gasteiger partial charge in [-0.1, -0.05) is 13.2 Å². The number of carbonyl (C=O) groups excluding carboxylic acids is 3. The molecule has 0 atom stereocenters. The zero-order valence-electron chi connectivity index (χ0n) is 23.7. The molecular weight excluding hydrogens is 536 g/mol. The predicted molar refractivity (Wildman–Crippen MR) is 143 cm³/mol. The van der Waals surface area contributed by atoms with Crippen LogP contribution in [0.15, 0.2) is 25.3 Å². The summed E-state index contributed by atoms with van der Waals surface area (Å²) in [4.78, 5) is 38.4. The van der Waals surface area contributed by atoms with Gasteiger partial charge in [0.2, 0.25) is 0 Å². The lowest BCUT2D eigenvalue weighted by molar-refractivity contribution is -0.144. The Balaban J connectivity index is 5.70. The van der Waals surface area contributed by atoms with E-state index in [1.807, 2.05) is 0 Å². The highest BCUT2D eigenvalue weighted by molar-refractivity contribution is 6.60. The van der Waals surface area contributed by atoms with Crippen LogP contribution in [0.25, 0.3) is 0 Å². The molecule has 220 valence electrons. The van der Waals surface area contributed by atoms with Gasteiger partial charge >= 0.3 is 35.6 Å². The number of ether oxygens (including phenoxy) is 2. The molecule has 0 unspecified atom stereocenters. The average Bonchev–Trinajstić information content (AvgIpc) is 2.94. The van der Waals surface area contributed by atoms with Gasteiger partial charge < -0.3 is 46.2 Å². The van der Waals surface area contributed by atoms with Gasteiger partial charge in [-0.25, -0.2) is 14.4 Å². The number of esters is 2. The lowest BCUT2D eigenvalue weighted by Crippen LogP contribution is -2.57. The number of nitrogens with zero attached hydrogens (tertiary/aromatic N) is 1. The summed E-state index contributed by atoms with van der Waals surface area (Å²) in [7, 11) is 3.44. The summed E-state index contributed by atoms with van der Waals surface area (Å²) < 4.78 is 43.2. The van der Waals surface area contributed by atoms with E-state index in [2.05, 4.69) is 18.5 Å². The summed E-state index contributed by atoms with van der Waals surface area (Å²) in [6.45, 7) is 8.45. The van der Waals surface area contributed by atoms with Gasteiger partial charge in [-0.2, -0.15) is 0 Å². The van der Waals surface area contributed by atoms with Gasteiger partial charge in [0.15, 0.2) is 0 Å². The molecular formula is C23H44N2O11Si2. The molecule has 0 saturated heterocycles. The molecule has 0 aromatic rings. The van der Waals surface area contributed by atoms with Gasteiger partial charge in [0, 0.05) is 80.0 Å². The Hall–Kier alpha value is -2.12. The fourth-order valence-corrected chi connectivity index (χ4v) is 6.84. The van der Waals surface area contributed by atoms with E-state index in [9.17, 15) is 14.4 Å². The number of hydrogen-bond donors (Lipinski definition) is 1. The third-order valence-electron chi connectivity index (χ3n) is 5.78. The highest BCUT2D eigenvalue weighted by Gasteiger charge is 2.39. The Bertz CT molecular complexity index is 695. The van der Waals surface area contributed by atoms with Crippen molar-refractivity contribution in [2.45, 2.75) is 37.4 Å². The first kappa shape index (κ1) is 35.9. The predicted octanol–water partition coefficient (Wildman–Crippen LogP) is 1.75. The van der Waals surface area contributed by atoms with E-state index in [4.69, 9.17) is 36.0 Å². The van der Waals surface area contributed by atoms with E-state index < -0.39 is 41.1 Å². The topological polar surface area (TPSA) is 140 Å². The third kappa shape index (κ3) is 12.2. The molecule has 0 aromatic carbocycles. The number of rotatable bonds is 21. The molecule has 38 heavy (non-hydrogen) atoms. The highest BCUT2D eigenvalue weighted by atomic mass is 28.4. The molecule has 0 radical (unpaired) electrons. The van der Waals surface area contributed by atoms with Crippen LogP contribution in [-0.4, -0.2) is 115 Å².